The summed E-state index contributed by atoms with van der Waals surface area (Å²) in [5, 5.41) is 10.4. The van der Waals surface area contributed by atoms with Crippen LogP contribution in [-0.2, 0) is 0 Å². The van der Waals surface area contributed by atoms with Crippen LogP contribution in [0.25, 0.3) is 0 Å². The number of likely N-dealkylation sites (tertiary alicyclic amines) is 1. The molecule has 0 atom stereocenters. The van der Waals surface area contributed by atoms with Crippen LogP contribution in [0, 0.1) is 5.92 Å². The summed E-state index contributed by atoms with van der Waals surface area (Å²) in [6, 6.07) is 10.0. The van der Waals surface area contributed by atoms with Gasteiger partial charge in [-0.2, -0.15) is 0 Å². The van der Waals surface area contributed by atoms with Crippen molar-refractivity contribution >= 4 is 17.2 Å². The molecule has 2 aromatic rings. The van der Waals surface area contributed by atoms with E-state index >= 15 is 0 Å². The number of methoxy groups -OCH3 is 1. The Hall–Kier alpha value is -2.51. The van der Waals surface area contributed by atoms with Gasteiger partial charge in [0.25, 0.3) is 0 Å². The van der Waals surface area contributed by atoms with Crippen LogP contribution in [0.5, 0.6) is 11.5 Å². The Bertz CT molecular complexity index is 835. The molecule has 0 unspecified atom stereocenters. The maximum absolute atomic E-state index is 6.07. The minimum Gasteiger partial charge on any atom is -0.493 e. The van der Waals surface area contributed by atoms with Crippen molar-refractivity contribution in [1.29, 1.82) is 0 Å². The topological polar surface area (TPSA) is 70.7 Å². The number of hydrogen-bond acceptors (Lipinski definition) is 7. The van der Waals surface area contributed by atoms with Gasteiger partial charge in [0, 0.05) is 42.8 Å². The third-order valence-electron chi connectivity index (χ3n) is 6.32. The van der Waals surface area contributed by atoms with Crippen LogP contribution in [0.15, 0.2) is 36.5 Å². The summed E-state index contributed by atoms with van der Waals surface area (Å²) in [7, 11) is 1.68. The predicted octanol–water partition coefficient (Wildman–Crippen LogP) is 4.11. The van der Waals surface area contributed by atoms with Crippen molar-refractivity contribution in [3.8, 4) is 11.5 Å². The molecule has 7 heteroatoms. The normalized spacial score (nSPS) is 17.3. The number of hydrogen-bond donors (Lipinski definition) is 3. The molecule has 1 aromatic carbocycles. The third kappa shape index (κ3) is 6.74. The maximum Gasteiger partial charge on any atom is 0.163 e. The first-order valence-electron chi connectivity index (χ1n) is 12.0. The van der Waals surface area contributed by atoms with E-state index in [1.54, 1.807) is 7.11 Å². The van der Waals surface area contributed by atoms with Gasteiger partial charge in [0.1, 0.15) is 5.82 Å². The van der Waals surface area contributed by atoms with Gasteiger partial charge >= 0.3 is 0 Å². The minimum atomic E-state index is 0.685. The van der Waals surface area contributed by atoms with Crippen molar-refractivity contribution in [3.63, 3.8) is 0 Å². The van der Waals surface area contributed by atoms with Crippen molar-refractivity contribution < 1.29 is 9.47 Å². The van der Waals surface area contributed by atoms with Crippen LogP contribution in [-0.4, -0.2) is 62.9 Å². The molecule has 174 valence electrons. The average Bonchev–Trinajstić information content (AvgIpc) is 3.35. The molecular formula is C25H37N5O2. The number of anilines is 3. The highest BCUT2D eigenvalue weighted by molar-refractivity contribution is 5.64. The highest BCUT2D eigenvalue weighted by Crippen LogP contribution is 2.31. The summed E-state index contributed by atoms with van der Waals surface area (Å²) in [4.78, 5) is 6.99. The van der Waals surface area contributed by atoms with Crippen LogP contribution >= 0.6 is 0 Å². The molecule has 0 radical (unpaired) electrons. The lowest BCUT2D eigenvalue weighted by Gasteiger charge is -2.23. The average molecular weight is 440 g/mol. The molecular weight excluding hydrogens is 402 g/mol. The number of rotatable bonds is 11. The highest BCUT2D eigenvalue weighted by Gasteiger charge is 2.13. The van der Waals surface area contributed by atoms with Crippen LogP contribution in [0.3, 0.4) is 0 Å². The molecule has 2 fully saturated rings. The van der Waals surface area contributed by atoms with E-state index in [-0.39, 0.29) is 0 Å². The van der Waals surface area contributed by atoms with E-state index in [2.05, 4.69) is 31.9 Å². The van der Waals surface area contributed by atoms with Gasteiger partial charge in [0.05, 0.1) is 13.7 Å². The number of piperidine rings is 1. The first-order chi connectivity index (χ1) is 15.8. The Morgan fingerprint density at radius 1 is 1.06 bits per heavy atom. The second kappa shape index (κ2) is 11.9. The van der Waals surface area contributed by atoms with Gasteiger partial charge in [0.15, 0.2) is 11.5 Å². The molecule has 0 spiro atoms. The minimum absolute atomic E-state index is 0.685. The van der Waals surface area contributed by atoms with Gasteiger partial charge in [0.2, 0.25) is 0 Å². The van der Waals surface area contributed by atoms with E-state index in [0.717, 1.165) is 67.2 Å². The fourth-order valence-electron chi connectivity index (χ4n) is 4.45. The van der Waals surface area contributed by atoms with E-state index in [4.69, 9.17) is 9.47 Å². The molecule has 3 N–H and O–H groups in total. The Morgan fingerprint density at radius 3 is 2.72 bits per heavy atom. The fourth-order valence-corrected chi connectivity index (χ4v) is 4.45. The summed E-state index contributed by atoms with van der Waals surface area (Å²) >= 11 is 0. The summed E-state index contributed by atoms with van der Waals surface area (Å²) in [5.41, 5.74) is 2.02. The molecule has 2 aliphatic heterocycles. The van der Waals surface area contributed by atoms with E-state index in [1.807, 2.05) is 30.5 Å². The third-order valence-corrected chi connectivity index (χ3v) is 6.32. The number of nitrogens with zero attached hydrogens (tertiary/aromatic N) is 2. The van der Waals surface area contributed by atoms with E-state index in [0.29, 0.717) is 6.61 Å². The van der Waals surface area contributed by atoms with E-state index in [9.17, 15) is 0 Å². The lowest BCUT2D eigenvalue weighted by atomic mass is 9.98. The molecule has 0 aliphatic carbocycles. The van der Waals surface area contributed by atoms with Crippen LogP contribution in [0.2, 0.25) is 0 Å². The molecule has 0 bridgehead atoms. The van der Waals surface area contributed by atoms with Crippen LogP contribution < -0.4 is 25.4 Å². The Balaban J connectivity index is 1.31. The smallest absolute Gasteiger partial charge is 0.163 e. The summed E-state index contributed by atoms with van der Waals surface area (Å²) in [6.07, 6.45) is 7.97. The maximum atomic E-state index is 6.07. The van der Waals surface area contributed by atoms with Gasteiger partial charge in [-0.1, -0.05) is 0 Å². The SMILES string of the molecule is COc1ccc(Nc2cc(NCC3CCNCC3)ccn2)cc1OCCCN1CCCC1. The second-order valence-electron chi connectivity index (χ2n) is 8.75. The lowest BCUT2D eigenvalue weighted by Crippen LogP contribution is -2.31. The van der Waals surface area contributed by atoms with Crippen molar-refractivity contribution in [2.45, 2.75) is 32.1 Å². The van der Waals surface area contributed by atoms with Gasteiger partial charge < -0.3 is 30.3 Å². The molecule has 4 rings (SSSR count). The molecule has 2 aliphatic rings. The summed E-state index contributed by atoms with van der Waals surface area (Å²) < 4.78 is 11.6. The van der Waals surface area contributed by atoms with Gasteiger partial charge in [-0.3, -0.25) is 0 Å². The zero-order valence-electron chi connectivity index (χ0n) is 19.2. The van der Waals surface area contributed by atoms with Crippen LogP contribution in [0.1, 0.15) is 32.1 Å². The number of benzene rings is 1. The largest absolute Gasteiger partial charge is 0.493 e. The molecule has 32 heavy (non-hydrogen) atoms. The van der Waals surface area contributed by atoms with Crippen molar-refractivity contribution in [1.82, 2.24) is 15.2 Å². The zero-order chi connectivity index (χ0) is 22.0. The number of aromatic nitrogens is 1. The molecule has 1 aromatic heterocycles. The van der Waals surface area contributed by atoms with E-state index < -0.39 is 0 Å². The number of ether oxygens (including phenoxy) is 2. The van der Waals surface area contributed by atoms with E-state index in [1.165, 1.54) is 38.8 Å². The van der Waals surface area contributed by atoms with Crippen LogP contribution in [0.4, 0.5) is 17.2 Å². The van der Waals surface area contributed by atoms with Gasteiger partial charge in [-0.15, -0.1) is 0 Å². The standard InChI is InChI=1S/C25H37N5O2/c1-31-23-6-5-22(17-24(23)32-16-4-15-30-13-2-3-14-30)29-25-18-21(9-12-27-25)28-19-20-7-10-26-11-8-20/h5-6,9,12,17-18,20,26H,2-4,7-8,10-11,13-16,19H2,1H3,(H2,27,28,29). The number of pyridine rings is 1. The van der Waals surface area contributed by atoms with Crippen molar-refractivity contribution in [2.24, 2.45) is 5.92 Å². The first kappa shape index (κ1) is 22.7. The van der Waals surface area contributed by atoms with Crippen molar-refractivity contribution in [3.05, 3.63) is 36.5 Å². The molecule has 0 amide bonds. The molecule has 7 nitrogen and oxygen atoms in total. The van der Waals surface area contributed by atoms with Gasteiger partial charge in [-0.25, -0.2) is 4.98 Å². The predicted molar refractivity (Wildman–Crippen MR) is 130 cm³/mol. The number of nitrogens with one attached hydrogen (secondary N) is 3. The van der Waals surface area contributed by atoms with Crippen molar-refractivity contribution in [2.75, 3.05) is 63.6 Å². The Labute approximate surface area is 191 Å². The molecule has 0 saturated carbocycles. The lowest BCUT2D eigenvalue weighted by molar-refractivity contribution is 0.254. The Kier molecular flexibility index (Phi) is 8.45. The zero-order valence-corrected chi connectivity index (χ0v) is 19.2. The summed E-state index contributed by atoms with van der Waals surface area (Å²) in [6.45, 7) is 7.48. The Morgan fingerprint density at radius 2 is 1.91 bits per heavy atom. The summed E-state index contributed by atoms with van der Waals surface area (Å²) in [5.74, 6) is 3.05. The molecule has 2 saturated heterocycles. The highest BCUT2D eigenvalue weighted by atomic mass is 16.5. The van der Waals surface area contributed by atoms with Gasteiger partial charge in [-0.05, 0) is 82.4 Å². The molecule has 3 heterocycles. The quantitative estimate of drug-likeness (QED) is 0.455. The first-order valence-corrected chi connectivity index (χ1v) is 12.0. The second-order valence-corrected chi connectivity index (χ2v) is 8.75. The fraction of sp³-hybridized carbons (Fsp3) is 0.560. The monoisotopic (exact) mass is 439 g/mol.